The minimum absolute atomic E-state index is 0.116. The average molecular weight is 436 g/mol. The molecule has 29 heavy (non-hydrogen) atoms. The minimum Gasteiger partial charge on any atom is -0.353 e. The zero-order chi connectivity index (χ0) is 20.4. The Bertz CT molecular complexity index is 1010. The SMILES string of the molecule is O=C1c2ccccc2S(=O)(=O)N1CCCCN1CCN(c2cncc(Cl)n2)CC1. The van der Waals surface area contributed by atoms with Crippen molar-refractivity contribution in [2.45, 2.75) is 17.7 Å². The van der Waals surface area contributed by atoms with Crippen molar-refractivity contribution in [2.75, 3.05) is 44.2 Å². The van der Waals surface area contributed by atoms with Gasteiger partial charge in [0.2, 0.25) is 0 Å². The quantitative estimate of drug-likeness (QED) is 0.640. The van der Waals surface area contributed by atoms with Gasteiger partial charge in [0.25, 0.3) is 15.9 Å². The molecule has 1 amide bonds. The largest absolute Gasteiger partial charge is 0.353 e. The molecule has 2 aliphatic rings. The maximum absolute atomic E-state index is 12.6. The van der Waals surface area contributed by atoms with Crippen molar-refractivity contribution >= 4 is 33.3 Å². The predicted molar refractivity (Wildman–Crippen MR) is 110 cm³/mol. The number of amides is 1. The Morgan fingerprint density at radius 3 is 2.45 bits per heavy atom. The van der Waals surface area contributed by atoms with E-state index in [9.17, 15) is 13.2 Å². The van der Waals surface area contributed by atoms with E-state index in [0.29, 0.717) is 11.6 Å². The first-order valence-corrected chi connectivity index (χ1v) is 11.4. The van der Waals surface area contributed by atoms with Gasteiger partial charge in [-0.05, 0) is 31.5 Å². The lowest BCUT2D eigenvalue weighted by Crippen LogP contribution is -2.47. The number of nitrogens with zero attached hydrogens (tertiary/aromatic N) is 5. The molecule has 0 N–H and O–H groups in total. The molecule has 1 fully saturated rings. The van der Waals surface area contributed by atoms with Crippen LogP contribution in [0.25, 0.3) is 0 Å². The van der Waals surface area contributed by atoms with E-state index in [4.69, 9.17) is 11.6 Å². The molecule has 8 nitrogen and oxygen atoms in total. The summed E-state index contributed by atoms with van der Waals surface area (Å²) in [6.45, 7) is 4.53. The number of piperazine rings is 1. The number of benzene rings is 1. The number of unbranched alkanes of at least 4 members (excludes halogenated alkanes) is 1. The molecule has 0 radical (unpaired) electrons. The van der Waals surface area contributed by atoms with Crippen LogP contribution in [0.5, 0.6) is 0 Å². The number of carbonyl (C=O) groups excluding carboxylic acids is 1. The second kappa shape index (κ2) is 8.25. The maximum atomic E-state index is 12.6. The van der Waals surface area contributed by atoms with Crippen molar-refractivity contribution in [3.63, 3.8) is 0 Å². The van der Waals surface area contributed by atoms with Crippen molar-refractivity contribution < 1.29 is 13.2 Å². The highest BCUT2D eigenvalue weighted by atomic mass is 35.5. The number of fused-ring (bicyclic) bond motifs is 1. The lowest BCUT2D eigenvalue weighted by Gasteiger charge is -2.35. The number of halogens is 1. The second-order valence-electron chi connectivity index (χ2n) is 7.11. The summed E-state index contributed by atoms with van der Waals surface area (Å²) in [4.78, 5) is 25.4. The van der Waals surface area contributed by atoms with E-state index in [1.165, 1.54) is 12.3 Å². The van der Waals surface area contributed by atoms with Crippen molar-refractivity contribution in [1.82, 2.24) is 19.2 Å². The highest BCUT2D eigenvalue weighted by Crippen LogP contribution is 2.30. The molecular formula is C19H22ClN5O3S. The fourth-order valence-electron chi connectivity index (χ4n) is 3.73. The molecule has 0 unspecified atom stereocenters. The Labute approximate surface area is 175 Å². The Morgan fingerprint density at radius 2 is 1.72 bits per heavy atom. The normalized spacial score (nSPS) is 18.9. The number of hydrogen-bond donors (Lipinski definition) is 0. The molecule has 0 spiro atoms. The van der Waals surface area contributed by atoms with Gasteiger partial charge in [0.05, 0.1) is 18.0 Å². The lowest BCUT2D eigenvalue weighted by atomic mass is 10.2. The first-order valence-electron chi connectivity index (χ1n) is 9.58. The van der Waals surface area contributed by atoms with Gasteiger partial charge in [0.15, 0.2) is 0 Å². The highest BCUT2D eigenvalue weighted by molar-refractivity contribution is 7.90. The summed E-state index contributed by atoms with van der Waals surface area (Å²) in [5.41, 5.74) is 0.271. The minimum atomic E-state index is -3.70. The first kappa shape index (κ1) is 20.1. The Balaban J connectivity index is 1.24. The average Bonchev–Trinajstić information content (AvgIpc) is 2.92. The summed E-state index contributed by atoms with van der Waals surface area (Å²) in [6.07, 6.45) is 4.70. The van der Waals surface area contributed by atoms with E-state index in [1.54, 1.807) is 24.4 Å². The van der Waals surface area contributed by atoms with E-state index >= 15 is 0 Å². The van der Waals surface area contributed by atoms with Crippen LogP contribution in [0.15, 0.2) is 41.6 Å². The number of anilines is 1. The topological polar surface area (TPSA) is 86.7 Å². The van der Waals surface area contributed by atoms with Gasteiger partial charge in [-0.1, -0.05) is 23.7 Å². The number of rotatable bonds is 6. The third kappa shape index (κ3) is 4.08. The van der Waals surface area contributed by atoms with Crippen LogP contribution >= 0.6 is 11.6 Å². The monoisotopic (exact) mass is 435 g/mol. The van der Waals surface area contributed by atoms with E-state index in [0.717, 1.165) is 49.3 Å². The molecule has 0 saturated carbocycles. The summed E-state index contributed by atoms with van der Waals surface area (Å²) in [6, 6.07) is 6.39. The van der Waals surface area contributed by atoms with Crippen molar-refractivity contribution in [1.29, 1.82) is 0 Å². The summed E-state index contributed by atoms with van der Waals surface area (Å²) in [5, 5.41) is 0.387. The van der Waals surface area contributed by atoms with Crippen molar-refractivity contribution in [3.05, 3.63) is 47.4 Å². The van der Waals surface area contributed by atoms with Crippen molar-refractivity contribution in [2.24, 2.45) is 0 Å². The fourth-order valence-corrected chi connectivity index (χ4v) is 5.48. The highest BCUT2D eigenvalue weighted by Gasteiger charge is 2.40. The smallest absolute Gasteiger partial charge is 0.269 e. The van der Waals surface area contributed by atoms with Crippen LogP contribution in [-0.2, 0) is 10.0 Å². The van der Waals surface area contributed by atoms with Crippen LogP contribution in [0.4, 0.5) is 5.82 Å². The van der Waals surface area contributed by atoms with Gasteiger partial charge in [-0.3, -0.25) is 14.7 Å². The molecular weight excluding hydrogens is 414 g/mol. The Kier molecular flexibility index (Phi) is 5.71. The maximum Gasteiger partial charge on any atom is 0.269 e. The predicted octanol–water partition coefficient (Wildman–Crippen LogP) is 1.88. The van der Waals surface area contributed by atoms with Crippen LogP contribution in [0.1, 0.15) is 23.2 Å². The molecule has 0 aliphatic carbocycles. The first-order chi connectivity index (χ1) is 14.0. The van der Waals surface area contributed by atoms with Crippen molar-refractivity contribution in [3.8, 4) is 0 Å². The Morgan fingerprint density at radius 1 is 1.00 bits per heavy atom. The van der Waals surface area contributed by atoms with E-state index < -0.39 is 15.9 Å². The number of sulfonamides is 1. The second-order valence-corrected chi connectivity index (χ2v) is 9.33. The number of carbonyl (C=O) groups is 1. The molecule has 3 heterocycles. The summed E-state index contributed by atoms with van der Waals surface area (Å²) < 4.78 is 26.1. The number of aromatic nitrogens is 2. The zero-order valence-electron chi connectivity index (χ0n) is 15.9. The molecule has 2 aliphatic heterocycles. The van der Waals surface area contributed by atoms with Crippen LogP contribution in [-0.4, -0.2) is 72.8 Å². The molecule has 0 atom stereocenters. The molecule has 154 valence electrons. The molecule has 1 aromatic heterocycles. The van der Waals surface area contributed by atoms with Gasteiger partial charge in [-0.15, -0.1) is 0 Å². The molecule has 1 aromatic carbocycles. The molecule has 0 bridgehead atoms. The van der Waals surface area contributed by atoms with E-state index in [1.807, 2.05) is 0 Å². The zero-order valence-corrected chi connectivity index (χ0v) is 17.4. The summed E-state index contributed by atoms with van der Waals surface area (Å²) in [7, 11) is -3.70. The lowest BCUT2D eigenvalue weighted by molar-refractivity contribution is 0.0868. The number of hydrogen-bond acceptors (Lipinski definition) is 7. The van der Waals surface area contributed by atoms with Crippen LogP contribution in [0.2, 0.25) is 5.15 Å². The summed E-state index contributed by atoms with van der Waals surface area (Å²) >= 11 is 5.91. The fraction of sp³-hybridized carbons (Fsp3) is 0.421. The third-order valence-corrected chi connectivity index (χ3v) is 7.31. The standard InChI is InChI=1S/C19H22ClN5O3S/c20-17-13-21-14-18(22-17)24-11-9-23(10-12-24)7-3-4-8-25-19(26)15-5-1-2-6-16(15)29(25,27)28/h1-2,5-6,13-14H,3-4,7-12H2. The van der Waals surface area contributed by atoms with Gasteiger partial charge < -0.3 is 4.90 Å². The van der Waals surface area contributed by atoms with Gasteiger partial charge in [0, 0.05) is 32.7 Å². The van der Waals surface area contributed by atoms with E-state index in [2.05, 4.69) is 19.8 Å². The van der Waals surface area contributed by atoms with Gasteiger partial charge in [0.1, 0.15) is 15.9 Å². The van der Waals surface area contributed by atoms with Gasteiger partial charge in [-0.25, -0.2) is 17.7 Å². The Hall–Kier alpha value is -2.23. The van der Waals surface area contributed by atoms with Crippen LogP contribution in [0, 0.1) is 0 Å². The van der Waals surface area contributed by atoms with Gasteiger partial charge in [-0.2, -0.15) is 0 Å². The van der Waals surface area contributed by atoms with Crippen LogP contribution < -0.4 is 4.90 Å². The molecule has 2 aromatic rings. The van der Waals surface area contributed by atoms with E-state index in [-0.39, 0.29) is 17.0 Å². The molecule has 1 saturated heterocycles. The van der Waals surface area contributed by atoms with Gasteiger partial charge >= 0.3 is 0 Å². The molecule has 4 rings (SSSR count). The third-order valence-electron chi connectivity index (χ3n) is 5.29. The summed E-state index contributed by atoms with van der Waals surface area (Å²) in [5.74, 6) is 0.367. The molecule has 10 heteroatoms. The van der Waals surface area contributed by atoms with Crippen LogP contribution in [0.3, 0.4) is 0 Å².